The van der Waals surface area contributed by atoms with Crippen LogP contribution in [0.4, 0.5) is 4.39 Å². The minimum atomic E-state index is -3.61. The lowest BCUT2D eigenvalue weighted by molar-refractivity contribution is 0.463. The number of hydrogen-bond donors (Lipinski definition) is 1. The van der Waals surface area contributed by atoms with E-state index in [2.05, 4.69) is 0 Å². The third-order valence-electron chi connectivity index (χ3n) is 3.07. The lowest BCUT2D eigenvalue weighted by Gasteiger charge is -2.15. The zero-order valence-electron chi connectivity index (χ0n) is 9.91. The summed E-state index contributed by atoms with van der Waals surface area (Å²) in [5.74, 6) is -0.430. The van der Waals surface area contributed by atoms with Crippen molar-refractivity contribution in [3.8, 4) is 0 Å². The summed E-state index contributed by atoms with van der Waals surface area (Å²) in [6, 6.07) is 4.88. The van der Waals surface area contributed by atoms with Gasteiger partial charge in [-0.25, -0.2) is 12.8 Å². The molecule has 4 nitrogen and oxygen atoms in total. The molecule has 1 aliphatic rings. The number of hydrogen-bond acceptors (Lipinski definition) is 3. The van der Waals surface area contributed by atoms with Crippen molar-refractivity contribution >= 4 is 22.4 Å². The number of halogens is 2. The summed E-state index contributed by atoms with van der Waals surface area (Å²) in [7, 11) is -3.61. The van der Waals surface area contributed by atoms with Crippen LogP contribution >= 0.6 is 12.4 Å². The molecular weight excluding hydrogens is 279 g/mol. The van der Waals surface area contributed by atoms with Crippen molar-refractivity contribution in [2.75, 3.05) is 13.1 Å². The van der Waals surface area contributed by atoms with E-state index in [1.54, 1.807) is 0 Å². The fourth-order valence-electron chi connectivity index (χ4n) is 1.92. The molecule has 0 amide bonds. The third kappa shape index (κ3) is 2.83. The highest BCUT2D eigenvalue weighted by atomic mass is 35.5. The van der Waals surface area contributed by atoms with E-state index in [4.69, 9.17) is 5.73 Å². The molecule has 0 aliphatic carbocycles. The van der Waals surface area contributed by atoms with Gasteiger partial charge in [0.1, 0.15) is 5.82 Å². The lowest BCUT2D eigenvalue weighted by Crippen LogP contribution is -2.32. The van der Waals surface area contributed by atoms with Gasteiger partial charge in [0.2, 0.25) is 10.0 Å². The fourth-order valence-corrected chi connectivity index (χ4v) is 3.53. The van der Waals surface area contributed by atoms with Gasteiger partial charge in [-0.2, -0.15) is 4.31 Å². The van der Waals surface area contributed by atoms with Gasteiger partial charge >= 0.3 is 0 Å². The minimum Gasteiger partial charge on any atom is -0.326 e. The zero-order chi connectivity index (χ0) is 12.6. The first-order valence-electron chi connectivity index (χ1n) is 5.42. The van der Waals surface area contributed by atoms with Crippen LogP contribution < -0.4 is 5.73 Å². The molecule has 1 aromatic rings. The van der Waals surface area contributed by atoms with Gasteiger partial charge in [0, 0.05) is 19.1 Å². The Hall–Kier alpha value is -0.690. The fraction of sp³-hybridized carbons (Fsp3) is 0.455. The van der Waals surface area contributed by atoms with Gasteiger partial charge in [-0.3, -0.25) is 0 Å². The predicted molar refractivity (Wildman–Crippen MR) is 69.5 cm³/mol. The van der Waals surface area contributed by atoms with Gasteiger partial charge in [0.25, 0.3) is 0 Å². The maximum Gasteiger partial charge on any atom is 0.243 e. The van der Waals surface area contributed by atoms with E-state index in [1.807, 2.05) is 6.92 Å². The molecule has 7 heteroatoms. The second-order valence-corrected chi connectivity index (χ2v) is 6.36. The van der Waals surface area contributed by atoms with Crippen LogP contribution in [0.1, 0.15) is 6.92 Å². The second-order valence-electron chi connectivity index (χ2n) is 4.42. The summed E-state index contributed by atoms with van der Waals surface area (Å²) in [6.07, 6.45) is 0. The molecule has 102 valence electrons. The average Bonchev–Trinajstić information content (AvgIpc) is 2.60. The molecule has 0 radical (unpaired) electrons. The molecule has 1 heterocycles. The monoisotopic (exact) mass is 294 g/mol. The van der Waals surface area contributed by atoms with Crippen molar-refractivity contribution in [2.45, 2.75) is 17.9 Å². The van der Waals surface area contributed by atoms with Crippen LogP contribution in [-0.4, -0.2) is 31.9 Å². The van der Waals surface area contributed by atoms with E-state index in [-0.39, 0.29) is 29.3 Å². The molecule has 0 saturated carbocycles. The van der Waals surface area contributed by atoms with E-state index < -0.39 is 15.8 Å². The Morgan fingerprint density at radius 1 is 1.39 bits per heavy atom. The highest BCUT2D eigenvalue weighted by Gasteiger charge is 2.35. The zero-order valence-corrected chi connectivity index (χ0v) is 11.5. The van der Waals surface area contributed by atoms with Crippen molar-refractivity contribution in [3.63, 3.8) is 0 Å². The molecule has 2 atom stereocenters. The van der Waals surface area contributed by atoms with Crippen LogP contribution in [0.25, 0.3) is 0 Å². The topological polar surface area (TPSA) is 63.4 Å². The number of nitrogens with two attached hydrogens (primary N) is 1. The normalized spacial score (nSPS) is 24.8. The summed E-state index contributed by atoms with van der Waals surface area (Å²) in [4.78, 5) is -0.0150. The average molecular weight is 295 g/mol. The Morgan fingerprint density at radius 3 is 2.56 bits per heavy atom. The summed E-state index contributed by atoms with van der Waals surface area (Å²) in [5.41, 5.74) is 5.79. The van der Waals surface area contributed by atoms with Crippen molar-refractivity contribution in [1.82, 2.24) is 4.31 Å². The van der Waals surface area contributed by atoms with E-state index in [1.165, 1.54) is 22.5 Å². The maximum atomic E-state index is 13.0. The number of sulfonamides is 1. The summed E-state index contributed by atoms with van der Waals surface area (Å²) in [5, 5.41) is 0. The molecule has 1 aliphatic heterocycles. The van der Waals surface area contributed by atoms with Gasteiger partial charge in [-0.05, 0) is 24.1 Å². The van der Waals surface area contributed by atoms with Gasteiger partial charge in [0.15, 0.2) is 0 Å². The molecule has 1 fully saturated rings. The molecular formula is C11H16ClFN2O2S. The second kappa shape index (κ2) is 5.52. The Labute approximate surface area is 112 Å². The minimum absolute atomic E-state index is 0. The van der Waals surface area contributed by atoms with E-state index in [0.29, 0.717) is 13.1 Å². The number of nitrogens with zero attached hydrogens (tertiary/aromatic N) is 1. The van der Waals surface area contributed by atoms with Gasteiger partial charge in [0.05, 0.1) is 4.90 Å². The molecule has 1 aromatic carbocycles. The maximum absolute atomic E-state index is 13.0. The molecule has 0 aromatic heterocycles. The first-order valence-corrected chi connectivity index (χ1v) is 6.86. The SMILES string of the molecule is CC1CN(S(=O)(=O)c2cccc(F)c2)CC1N.Cl. The summed E-state index contributed by atoms with van der Waals surface area (Å²) < 4.78 is 38.7. The van der Waals surface area contributed by atoms with Crippen LogP contribution in [-0.2, 0) is 10.0 Å². The van der Waals surface area contributed by atoms with Crippen LogP contribution in [0.15, 0.2) is 29.2 Å². The Bertz CT molecular complexity index is 514. The van der Waals surface area contributed by atoms with Crippen molar-refractivity contribution < 1.29 is 12.8 Å². The highest BCUT2D eigenvalue weighted by molar-refractivity contribution is 7.89. The van der Waals surface area contributed by atoms with Gasteiger partial charge < -0.3 is 5.73 Å². The summed E-state index contributed by atoms with van der Waals surface area (Å²) >= 11 is 0. The molecule has 2 rings (SSSR count). The van der Waals surface area contributed by atoms with Crippen LogP contribution in [0.2, 0.25) is 0 Å². The van der Waals surface area contributed by atoms with Crippen molar-refractivity contribution in [2.24, 2.45) is 11.7 Å². The molecule has 1 saturated heterocycles. The third-order valence-corrected chi connectivity index (χ3v) is 4.90. The highest BCUT2D eigenvalue weighted by Crippen LogP contribution is 2.23. The van der Waals surface area contributed by atoms with Crippen LogP contribution in [0.5, 0.6) is 0 Å². The summed E-state index contributed by atoms with van der Waals surface area (Å²) in [6.45, 7) is 2.59. The largest absolute Gasteiger partial charge is 0.326 e. The first-order chi connectivity index (χ1) is 7.91. The van der Waals surface area contributed by atoms with Gasteiger partial charge in [-0.1, -0.05) is 13.0 Å². The molecule has 0 bridgehead atoms. The molecule has 2 N–H and O–H groups in total. The molecule has 18 heavy (non-hydrogen) atoms. The number of rotatable bonds is 2. The Kier molecular flexibility index (Phi) is 4.72. The van der Waals surface area contributed by atoms with Crippen LogP contribution in [0.3, 0.4) is 0 Å². The standard InChI is InChI=1S/C11H15FN2O2S.ClH/c1-8-6-14(7-11(8)13)17(15,16)10-4-2-3-9(12)5-10;/h2-5,8,11H,6-7,13H2,1H3;1H. The van der Waals surface area contributed by atoms with Crippen molar-refractivity contribution in [1.29, 1.82) is 0 Å². The van der Waals surface area contributed by atoms with Gasteiger partial charge in [-0.15, -0.1) is 12.4 Å². The Morgan fingerprint density at radius 2 is 2.06 bits per heavy atom. The Balaban J connectivity index is 0.00000162. The smallest absolute Gasteiger partial charge is 0.243 e. The lowest BCUT2D eigenvalue weighted by atomic mass is 10.1. The van der Waals surface area contributed by atoms with E-state index >= 15 is 0 Å². The van der Waals surface area contributed by atoms with E-state index in [9.17, 15) is 12.8 Å². The first kappa shape index (κ1) is 15.4. The molecule has 2 unspecified atom stereocenters. The van der Waals surface area contributed by atoms with E-state index in [0.717, 1.165) is 6.07 Å². The number of benzene rings is 1. The quantitative estimate of drug-likeness (QED) is 0.892. The predicted octanol–water partition coefficient (Wildman–Crippen LogP) is 1.22. The van der Waals surface area contributed by atoms with Crippen molar-refractivity contribution in [3.05, 3.63) is 30.1 Å². The molecule has 0 spiro atoms. The van der Waals surface area contributed by atoms with Crippen LogP contribution in [0, 0.1) is 11.7 Å².